The van der Waals surface area contributed by atoms with Gasteiger partial charge in [-0.25, -0.2) is 0 Å². The predicted molar refractivity (Wildman–Crippen MR) is 72.8 cm³/mol. The second-order valence-electron chi connectivity index (χ2n) is 3.23. The standard InChI is InChI=1S/C13H15NOS/c1-3-10-5-6-11(4-2)12(9-10)13(15)14-7-8-16/h3-6,9,16H,1-2,7-8H2,(H,14,15). The maximum atomic E-state index is 11.8. The van der Waals surface area contributed by atoms with Crippen LogP contribution in [0.25, 0.3) is 12.2 Å². The molecule has 0 heterocycles. The van der Waals surface area contributed by atoms with Crippen LogP contribution in [0.15, 0.2) is 31.4 Å². The van der Waals surface area contributed by atoms with Crippen molar-refractivity contribution in [2.24, 2.45) is 0 Å². The molecule has 0 aliphatic rings. The molecule has 0 radical (unpaired) electrons. The molecule has 0 spiro atoms. The summed E-state index contributed by atoms with van der Waals surface area (Å²) >= 11 is 4.04. The summed E-state index contributed by atoms with van der Waals surface area (Å²) in [5.41, 5.74) is 2.36. The summed E-state index contributed by atoms with van der Waals surface area (Å²) in [5.74, 6) is 0.517. The molecule has 1 amide bonds. The van der Waals surface area contributed by atoms with Gasteiger partial charge in [0.05, 0.1) is 0 Å². The van der Waals surface area contributed by atoms with Crippen LogP contribution in [0.3, 0.4) is 0 Å². The van der Waals surface area contributed by atoms with Gasteiger partial charge in [-0.05, 0) is 17.2 Å². The minimum atomic E-state index is -0.104. The molecular formula is C13H15NOS. The Bertz CT molecular complexity index is 412. The highest BCUT2D eigenvalue weighted by Crippen LogP contribution is 2.14. The van der Waals surface area contributed by atoms with Gasteiger partial charge in [-0.2, -0.15) is 12.6 Å². The maximum absolute atomic E-state index is 11.8. The van der Waals surface area contributed by atoms with Crippen LogP contribution in [0.2, 0.25) is 0 Å². The molecule has 2 nitrogen and oxygen atoms in total. The van der Waals surface area contributed by atoms with E-state index >= 15 is 0 Å². The fourth-order valence-electron chi connectivity index (χ4n) is 1.34. The van der Waals surface area contributed by atoms with Gasteiger partial charge in [-0.15, -0.1) is 0 Å². The van der Waals surface area contributed by atoms with Crippen molar-refractivity contribution in [2.75, 3.05) is 12.3 Å². The monoisotopic (exact) mass is 233 g/mol. The van der Waals surface area contributed by atoms with Gasteiger partial charge in [0.25, 0.3) is 5.91 Å². The fourth-order valence-corrected chi connectivity index (χ4v) is 1.45. The van der Waals surface area contributed by atoms with E-state index in [4.69, 9.17) is 0 Å². The van der Waals surface area contributed by atoms with Gasteiger partial charge >= 0.3 is 0 Å². The third-order valence-electron chi connectivity index (χ3n) is 2.17. The lowest BCUT2D eigenvalue weighted by atomic mass is 10.0. The Morgan fingerprint density at radius 1 is 1.38 bits per heavy atom. The summed E-state index contributed by atoms with van der Waals surface area (Å²) in [6.45, 7) is 7.92. The van der Waals surface area contributed by atoms with Crippen LogP contribution in [-0.4, -0.2) is 18.2 Å². The number of hydrogen-bond donors (Lipinski definition) is 2. The largest absolute Gasteiger partial charge is 0.351 e. The molecule has 0 aliphatic carbocycles. The van der Waals surface area contributed by atoms with Crippen LogP contribution in [0, 0.1) is 0 Å². The number of hydrogen-bond acceptors (Lipinski definition) is 2. The van der Waals surface area contributed by atoms with Crippen molar-refractivity contribution in [1.82, 2.24) is 5.32 Å². The van der Waals surface area contributed by atoms with Crippen molar-refractivity contribution in [2.45, 2.75) is 0 Å². The molecule has 0 saturated carbocycles. The number of benzene rings is 1. The first-order valence-electron chi connectivity index (χ1n) is 5.01. The zero-order chi connectivity index (χ0) is 12.0. The lowest BCUT2D eigenvalue weighted by molar-refractivity contribution is 0.0956. The molecule has 0 fully saturated rings. The Labute approximate surface area is 101 Å². The third-order valence-corrected chi connectivity index (χ3v) is 2.40. The molecule has 0 atom stereocenters. The molecule has 1 aromatic rings. The van der Waals surface area contributed by atoms with E-state index in [0.29, 0.717) is 17.9 Å². The van der Waals surface area contributed by atoms with E-state index in [1.807, 2.05) is 12.1 Å². The molecule has 0 aliphatic heterocycles. The number of rotatable bonds is 5. The highest BCUT2D eigenvalue weighted by Gasteiger charge is 2.08. The second-order valence-corrected chi connectivity index (χ2v) is 3.68. The third kappa shape index (κ3) is 3.00. The van der Waals surface area contributed by atoms with E-state index in [1.54, 1.807) is 18.2 Å². The SMILES string of the molecule is C=Cc1ccc(C=C)c(C(=O)NCCS)c1. The Hall–Kier alpha value is -1.48. The minimum absolute atomic E-state index is 0.104. The number of carbonyl (C=O) groups excluding carboxylic acids is 1. The summed E-state index contributed by atoms with van der Waals surface area (Å²) in [6, 6.07) is 5.57. The van der Waals surface area contributed by atoms with Crippen molar-refractivity contribution in [3.05, 3.63) is 48.0 Å². The topological polar surface area (TPSA) is 29.1 Å². The fraction of sp³-hybridized carbons (Fsp3) is 0.154. The van der Waals surface area contributed by atoms with E-state index in [1.165, 1.54) is 0 Å². The van der Waals surface area contributed by atoms with Crippen molar-refractivity contribution >= 4 is 30.7 Å². The molecule has 0 bridgehead atoms. The van der Waals surface area contributed by atoms with Gasteiger partial charge in [0, 0.05) is 17.9 Å². The molecule has 1 rings (SSSR count). The summed E-state index contributed by atoms with van der Waals surface area (Å²) in [6.07, 6.45) is 3.38. The zero-order valence-electron chi connectivity index (χ0n) is 9.07. The van der Waals surface area contributed by atoms with Crippen molar-refractivity contribution in [3.63, 3.8) is 0 Å². The van der Waals surface area contributed by atoms with Gasteiger partial charge < -0.3 is 5.32 Å². The Kier molecular flexibility index (Phi) is 4.86. The molecule has 3 heteroatoms. The summed E-state index contributed by atoms with van der Waals surface area (Å²) < 4.78 is 0. The van der Waals surface area contributed by atoms with Crippen molar-refractivity contribution in [3.8, 4) is 0 Å². The van der Waals surface area contributed by atoms with Gasteiger partial charge in [0.2, 0.25) is 0 Å². The second kappa shape index (κ2) is 6.18. The summed E-state index contributed by atoms with van der Waals surface area (Å²) in [7, 11) is 0. The highest BCUT2D eigenvalue weighted by atomic mass is 32.1. The lowest BCUT2D eigenvalue weighted by Crippen LogP contribution is -2.26. The number of nitrogens with one attached hydrogen (secondary N) is 1. The summed E-state index contributed by atoms with van der Waals surface area (Å²) in [4.78, 5) is 11.8. The maximum Gasteiger partial charge on any atom is 0.251 e. The summed E-state index contributed by atoms with van der Waals surface area (Å²) in [5, 5.41) is 2.78. The zero-order valence-corrected chi connectivity index (χ0v) is 9.97. The van der Waals surface area contributed by atoms with E-state index in [2.05, 4.69) is 31.1 Å². The molecule has 0 aromatic heterocycles. The van der Waals surface area contributed by atoms with Gasteiger partial charge in [0.15, 0.2) is 0 Å². The van der Waals surface area contributed by atoms with Crippen LogP contribution in [0.1, 0.15) is 21.5 Å². The van der Waals surface area contributed by atoms with Gasteiger partial charge in [-0.1, -0.05) is 37.4 Å². The molecular weight excluding hydrogens is 218 g/mol. The van der Waals surface area contributed by atoms with E-state index in [-0.39, 0.29) is 5.91 Å². The minimum Gasteiger partial charge on any atom is -0.351 e. The van der Waals surface area contributed by atoms with Crippen LogP contribution in [0.5, 0.6) is 0 Å². The smallest absolute Gasteiger partial charge is 0.251 e. The molecule has 1 N–H and O–H groups in total. The van der Waals surface area contributed by atoms with Gasteiger partial charge in [-0.3, -0.25) is 4.79 Å². The number of thiol groups is 1. The Morgan fingerprint density at radius 2 is 2.12 bits per heavy atom. The normalized spacial score (nSPS) is 9.56. The van der Waals surface area contributed by atoms with Crippen molar-refractivity contribution < 1.29 is 4.79 Å². The number of carbonyl (C=O) groups is 1. The Morgan fingerprint density at radius 3 is 2.69 bits per heavy atom. The Balaban J connectivity index is 3.03. The quantitative estimate of drug-likeness (QED) is 0.752. The van der Waals surface area contributed by atoms with Crippen LogP contribution in [0.4, 0.5) is 0 Å². The lowest BCUT2D eigenvalue weighted by Gasteiger charge is -2.07. The predicted octanol–water partition coefficient (Wildman–Crippen LogP) is 2.63. The van der Waals surface area contributed by atoms with E-state index in [0.717, 1.165) is 11.1 Å². The average molecular weight is 233 g/mol. The first-order valence-corrected chi connectivity index (χ1v) is 5.64. The molecule has 84 valence electrons. The highest BCUT2D eigenvalue weighted by molar-refractivity contribution is 7.80. The molecule has 16 heavy (non-hydrogen) atoms. The first kappa shape index (κ1) is 12.6. The number of amides is 1. The van der Waals surface area contributed by atoms with E-state index in [9.17, 15) is 4.79 Å². The van der Waals surface area contributed by atoms with Crippen LogP contribution >= 0.6 is 12.6 Å². The van der Waals surface area contributed by atoms with Gasteiger partial charge in [0.1, 0.15) is 0 Å². The van der Waals surface area contributed by atoms with E-state index < -0.39 is 0 Å². The van der Waals surface area contributed by atoms with Crippen molar-refractivity contribution in [1.29, 1.82) is 0 Å². The van der Waals surface area contributed by atoms with Crippen LogP contribution < -0.4 is 5.32 Å². The average Bonchev–Trinajstić information content (AvgIpc) is 2.35. The van der Waals surface area contributed by atoms with Crippen LogP contribution in [-0.2, 0) is 0 Å². The molecule has 0 saturated heterocycles. The first-order chi connectivity index (χ1) is 7.72. The molecule has 0 unspecified atom stereocenters. The molecule has 1 aromatic carbocycles.